The van der Waals surface area contributed by atoms with Crippen molar-refractivity contribution in [1.29, 1.82) is 0 Å². The Morgan fingerprint density at radius 2 is 1.56 bits per heavy atom. The molecule has 0 radical (unpaired) electrons. The maximum absolute atomic E-state index is 13.0. The summed E-state index contributed by atoms with van der Waals surface area (Å²) in [4.78, 5) is 3.97. The molecule has 9 nitrogen and oxygen atoms in total. The van der Waals surface area contributed by atoms with Crippen molar-refractivity contribution in [1.82, 2.24) is 4.98 Å². The number of rotatable bonds is 12. The van der Waals surface area contributed by atoms with Crippen LogP contribution in [0.1, 0.15) is 25.0 Å². The van der Waals surface area contributed by atoms with E-state index in [1.807, 2.05) is 60.7 Å². The summed E-state index contributed by atoms with van der Waals surface area (Å²) in [5, 5.41) is -0.0657. The van der Waals surface area contributed by atoms with E-state index in [9.17, 15) is 8.42 Å². The van der Waals surface area contributed by atoms with E-state index >= 15 is 0 Å². The van der Waals surface area contributed by atoms with Crippen molar-refractivity contribution in [3.05, 3.63) is 96.2 Å². The summed E-state index contributed by atoms with van der Waals surface area (Å²) in [5.41, 5.74) is 2.00. The van der Waals surface area contributed by atoms with Gasteiger partial charge in [0, 0.05) is 6.20 Å². The van der Waals surface area contributed by atoms with E-state index in [-0.39, 0.29) is 11.6 Å². The summed E-state index contributed by atoms with van der Waals surface area (Å²) >= 11 is 0. The Kier molecular flexibility index (Phi) is 8.73. The molecule has 0 N–H and O–H groups in total. The fraction of sp³-hybridized carbons (Fsp3) is 0.414. The van der Waals surface area contributed by atoms with Crippen molar-refractivity contribution in [2.24, 2.45) is 0 Å². The molecule has 3 heterocycles. The fourth-order valence-corrected chi connectivity index (χ4v) is 5.60. The maximum Gasteiger partial charge on any atom is 0.219 e. The van der Waals surface area contributed by atoms with E-state index in [0.717, 1.165) is 11.1 Å². The number of ether oxygens (including phenoxy) is 6. The van der Waals surface area contributed by atoms with Crippen LogP contribution in [0.3, 0.4) is 0 Å². The topological polar surface area (TPSA) is 102 Å². The first-order chi connectivity index (χ1) is 18.8. The van der Waals surface area contributed by atoms with E-state index in [1.165, 1.54) is 12.3 Å². The summed E-state index contributed by atoms with van der Waals surface area (Å²) in [6.07, 6.45) is -2.08. The van der Waals surface area contributed by atoms with Crippen LogP contribution in [0.2, 0.25) is 0 Å². The van der Waals surface area contributed by atoms with Crippen LogP contribution in [-0.4, -0.2) is 62.4 Å². The fourth-order valence-electron chi connectivity index (χ4n) is 4.64. The summed E-state index contributed by atoms with van der Waals surface area (Å²) in [5.74, 6) is -1.51. The van der Waals surface area contributed by atoms with Gasteiger partial charge in [-0.25, -0.2) is 13.4 Å². The van der Waals surface area contributed by atoms with Crippen LogP contribution in [0.25, 0.3) is 0 Å². The highest BCUT2D eigenvalue weighted by Crippen LogP contribution is 2.40. The summed E-state index contributed by atoms with van der Waals surface area (Å²) < 4.78 is 62.7. The van der Waals surface area contributed by atoms with Crippen LogP contribution >= 0.6 is 0 Å². The van der Waals surface area contributed by atoms with Gasteiger partial charge in [0.25, 0.3) is 0 Å². The van der Waals surface area contributed by atoms with Crippen molar-refractivity contribution in [2.75, 3.05) is 12.5 Å². The Labute approximate surface area is 228 Å². The van der Waals surface area contributed by atoms with Gasteiger partial charge in [0.15, 0.2) is 23.0 Å². The van der Waals surface area contributed by atoms with Crippen LogP contribution < -0.4 is 0 Å². The molecule has 2 saturated heterocycles. The lowest BCUT2D eigenvalue weighted by atomic mass is 10.1. The molecule has 2 aromatic carbocycles. The highest BCUT2D eigenvalue weighted by molar-refractivity contribution is 7.91. The predicted octanol–water partition coefficient (Wildman–Crippen LogP) is 3.88. The third-order valence-electron chi connectivity index (χ3n) is 6.47. The SMILES string of the molecule is CC1(C)O[C@H]2O[C@H]([C@@H](COCc3ccccc3)OCc3ccccc3)[C@H](OCS(=O)(=O)c3ccccn3)[C@H]2O1. The van der Waals surface area contributed by atoms with E-state index in [1.54, 1.807) is 26.0 Å². The van der Waals surface area contributed by atoms with Gasteiger partial charge in [0.2, 0.25) is 9.84 Å². The van der Waals surface area contributed by atoms with Gasteiger partial charge in [0.05, 0.1) is 19.8 Å². The molecular weight excluding hydrogens is 522 g/mol. The molecule has 5 rings (SSSR count). The highest BCUT2D eigenvalue weighted by Gasteiger charge is 2.57. The normalized spacial score (nSPS) is 24.9. The zero-order chi connectivity index (χ0) is 27.3. The van der Waals surface area contributed by atoms with Gasteiger partial charge in [-0.2, -0.15) is 0 Å². The molecule has 0 aliphatic carbocycles. The minimum atomic E-state index is -3.82. The molecule has 3 aromatic rings. The van der Waals surface area contributed by atoms with Gasteiger partial charge >= 0.3 is 0 Å². The summed E-state index contributed by atoms with van der Waals surface area (Å²) in [7, 11) is -3.82. The van der Waals surface area contributed by atoms with E-state index < -0.39 is 52.3 Å². The van der Waals surface area contributed by atoms with E-state index in [4.69, 9.17) is 28.4 Å². The van der Waals surface area contributed by atoms with Gasteiger partial charge in [-0.05, 0) is 37.1 Å². The van der Waals surface area contributed by atoms with E-state index in [0.29, 0.717) is 13.2 Å². The second kappa shape index (κ2) is 12.2. The molecule has 2 aliphatic heterocycles. The minimum Gasteiger partial charge on any atom is -0.374 e. The lowest BCUT2D eigenvalue weighted by Gasteiger charge is -2.31. The lowest BCUT2D eigenvalue weighted by Crippen LogP contribution is -2.46. The van der Waals surface area contributed by atoms with Gasteiger partial charge < -0.3 is 28.4 Å². The Morgan fingerprint density at radius 3 is 2.23 bits per heavy atom. The Hall–Kier alpha value is -2.70. The molecule has 1 aromatic heterocycles. The molecule has 10 heteroatoms. The molecule has 0 saturated carbocycles. The van der Waals surface area contributed by atoms with Crippen LogP contribution in [0.5, 0.6) is 0 Å². The summed E-state index contributed by atoms with van der Waals surface area (Å²) in [6.45, 7) is 4.42. The van der Waals surface area contributed by atoms with Crippen LogP contribution in [0.4, 0.5) is 0 Å². The van der Waals surface area contributed by atoms with E-state index in [2.05, 4.69) is 4.98 Å². The number of fused-ring (bicyclic) bond motifs is 1. The summed E-state index contributed by atoms with van der Waals surface area (Å²) in [6, 6.07) is 24.3. The molecule has 2 fully saturated rings. The molecule has 0 bridgehead atoms. The number of benzene rings is 2. The zero-order valence-electron chi connectivity index (χ0n) is 21.9. The third-order valence-corrected chi connectivity index (χ3v) is 7.79. The number of aromatic nitrogens is 1. The Bertz CT molecular complexity index is 1290. The number of pyridine rings is 1. The van der Waals surface area contributed by atoms with Crippen molar-refractivity contribution in [2.45, 2.75) is 68.6 Å². The smallest absolute Gasteiger partial charge is 0.219 e. The van der Waals surface area contributed by atoms with Crippen molar-refractivity contribution < 1.29 is 36.8 Å². The van der Waals surface area contributed by atoms with Gasteiger partial charge in [-0.15, -0.1) is 0 Å². The molecule has 39 heavy (non-hydrogen) atoms. The standard InChI is InChI=1S/C29H33NO8S/c1-29(2)37-27-26(35-20-39(31,32)24-15-9-10-16-30-24)25(36-28(27)38-29)23(34-18-22-13-7-4-8-14-22)19-33-17-21-11-5-3-6-12-21/h3-16,23,25-28H,17-20H2,1-2H3/t23-,25-,26+,27-,28-/m1/s1. The van der Waals surface area contributed by atoms with Crippen molar-refractivity contribution in [3.8, 4) is 0 Å². The molecule has 0 spiro atoms. The van der Waals surface area contributed by atoms with Crippen LogP contribution in [0.15, 0.2) is 90.1 Å². The first-order valence-electron chi connectivity index (χ1n) is 12.8. The number of hydrogen-bond donors (Lipinski definition) is 0. The average molecular weight is 556 g/mol. The van der Waals surface area contributed by atoms with Gasteiger partial charge in [-0.3, -0.25) is 0 Å². The second-order valence-corrected chi connectivity index (χ2v) is 11.8. The number of sulfone groups is 1. The minimum absolute atomic E-state index is 0.0657. The average Bonchev–Trinajstić information content (AvgIpc) is 3.42. The number of nitrogens with zero attached hydrogens (tertiary/aromatic N) is 1. The predicted molar refractivity (Wildman–Crippen MR) is 141 cm³/mol. The monoisotopic (exact) mass is 555 g/mol. The molecule has 5 atom stereocenters. The molecule has 208 valence electrons. The van der Waals surface area contributed by atoms with Gasteiger partial charge in [-0.1, -0.05) is 66.7 Å². The number of hydrogen-bond acceptors (Lipinski definition) is 9. The third kappa shape index (κ3) is 7.09. The largest absolute Gasteiger partial charge is 0.374 e. The highest BCUT2D eigenvalue weighted by atomic mass is 32.2. The Balaban J connectivity index is 1.34. The van der Waals surface area contributed by atoms with Gasteiger partial charge in [0.1, 0.15) is 24.4 Å². The molecule has 0 amide bonds. The molecular formula is C29H33NO8S. The van der Waals surface area contributed by atoms with Crippen molar-refractivity contribution >= 4 is 9.84 Å². The maximum atomic E-state index is 13.0. The first kappa shape index (κ1) is 27.9. The molecule has 0 unspecified atom stereocenters. The zero-order valence-corrected chi connectivity index (χ0v) is 22.7. The Morgan fingerprint density at radius 1 is 0.897 bits per heavy atom. The van der Waals surface area contributed by atoms with Crippen molar-refractivity contribution in [3.63, 3.8) is 0 Å². The lowest BCUT2D eigenvalue weighted by molar-refractivity contribution is -0.236. The van der Waals surface area contributed by atoms with Crippen LogP contribution in [0, 0.1) is 0 Å². The quantitative estimate of drug-likeness (QED) is 0.329. The first-order valence-corrected chi connectivity index (χ1v) is 14.5. The van der Waals surface area contributed by atoms with Crippen LogP contribution in [-0.2, 0) is 51.5 Å². The second-order valence-electron chi connectivity index (χ2n) is 9.94. The molecule has 2 aliphatic rings.